The Kier molecular flexibility index (Phi) is 8.37. The van der Waals surface area contributed by atoms with Gasteiger partial charge in [0.05, 0.1) is 29.9 Å². The third kappa shape index (κ3) is 6.74. The van der Waals surface area contributed by atoms with Crippen LogP contribution in [0.5, 0.6) is 11.5 Å². The molecule has 0 fully saturated rings. The van der Waals surface area contributed by atoms with Crippen LogP contribution in [0.3, 0.4) is 0 Å². The van der Waals surface area contributed by atoms with E-state index >= 15 is 0 Å². The Labute approximate surface area is 197 Å². The van der Waals surface area contributed by atoms with Gasteiger partial charge in [0.15, 0.2) is 0 Å². The first-order chi connectivity index (χ1) is 15.8. The van der Waals surface area contributed by atoms with Gasteiger partial charge in [0.25, 0.3) is 0 Å². The van der Waals surface area contributed by atoms with Crippen molar-refractivity contribution in [1.29, 1.82) is 0 Å². The number of hydrogen-bond donors (Lipinski definition) is 1. The first kappa shape index (κ1) is 24.6. The SMILES string of the molecule is COCCOc1cc(CC(=O)O)cc(S(=O)(=O)c2ccc(Sc3ccc(OC)cc3)cc2)c1. The third-order valence-corrected chi connectivity index (χ3v) is 7.36. The van der Waals surface area contributed by atoms with Crippen molar-refractivity contribution in [3.63, 3.8) is 0 Å². The number of carboxylic acids is 1. The summed E-state index contributed by atoms with van der Waals surface area (Å²) in [5, 5.41) is 9.14. The highest BCUT2D eigenvalue weighted by molar-refractivity contribution is 7.99. The number of ether oxygens (including phenoxy) is 3. The molecular weight excluding hydrogens is 464 g/mol. The van der Waals surface area contributed by atoms with Gasteiger partial charge in [-0.25, -0.2) is 8.42 Å². The molecule has 0 aliphatic rings. The maximum Gasteiger partial charge on any atom is 0.307 e. The van der Waals surface area contributed by atoms with Gasteiger partial charge in [-0.05, 0) is 72.3 Å². The van der Waals surface area contributed by atoms with Crippen LogP contribution in [0.15, 0.2) is 86.3 Å². The van der Waals surface area contributed by atoms with E-state index < -0.39 is 15.8 Å². The maximum atomic E-state index is 13.2. The fraction of sp³-hybridized carbons (Fsp3) is 0.208. The summed E-state index contributed by atoms with van der Waals surface area (Å²) < 4.78 is 42.1. The van der Waals surface area contributed by atoms with E-state index in [-0.39, 0.29) is 28.6 Å². The summed E-state index contributed by atoms with van der Waals surface area (Å²) >= 11 is 1.50. The minimum Gasteiger partial charge on any atom is -0.497 e. The largest absolute Gasteiger partial charge is 0.497 e. The molecule has 0 aliphatic carbocycles. The van der Waals surface area contributed by atoms with Crippen molar-refractivity contribution in [3.8, 4) is 11.5 Å². The van der Waals surface area contributed by atoms with Gasteiger partial charge in [-0.2, -0.15) is 0 Å². The van der Waals surface area contributed by atoms with Crippen LogP contribution >= 0.6 is 11.8 Å². The molecule has 33 heavy (non-hydrogen) atoms. The molecule has 0 atom stereocenters. The topological polar surface area (TPSA) is 99.1 Å². The fourth-order valence-electron chi connectivity index (χ4n) is 2.99. The molecule has 0 amide bonds. The van der Waals surface area contributed by atoms with E-state index in [1.165, 1.54) is 49.2 Å². The lowest BCUT2D eigenvalue weighted by Crippen LogP contribution is -2.08. The lowest BCUT2D eigenvalue weighted by Gasteiger charge is -2.12. The molecule has 1 N–H and O–H groups in total. The van der Waals surface area contributed by atoms with Gasteiger partial charge in [0, 0.05) is 16.9 Å². The Bertz CT molecular complexity index is 1190. The molecular formula is C24H24O7S2. The molecule has 0 radical (unpaired) electrons. The van der Waals surface area contributed by atoms with Crippen molar-refractivity contribution in [2.45, 2.75) is 26.0 Å². The van der Waals surface area contributed by atoms with E-state index in [4.69, 9.17) is 19.3 Å². The first-order valence-electron chi connectivity index (χ1n) is 9.96. The van der Waals surface area contributed by atoms with Crippen LogP contribution in [0, 0.1) is 0 Å². The standard InChI is InChI=1S/C24H24O7S2/c1-29-11-12-31-19-13-17(15-24(25)26)14-23(16-19)33(27,28)22-9-7-21(8-10-22)32-20-5-3-18(30-2)4-6-20/h3-10,13-14,16H,11-12,15H2,1-2H3,(H,25,26). The fourth-order valence-corrected chi connectivity index (χ4v) is 5.15. The van der Waals surface area contributed by atoms with Crippen molar-refractivity contribution in [2.24, 2.45) is 0 Å². The molecule has 0 heterocycles. The summed E-state index contributed by atoms with van der Waals surface area (Å²) in [4.78, 5) is 13.1. The smallest absolute Gasteiger partial charge is 0.307 e. The second-order valence-corrected chi connectivity index (χ2v) is 10.1. The molecule has 7 nitrogen and oxygen atoms in total. The number of benzene rings is 3. The minimum absolute atomic E-state index is 0.0239. The summed E-state index contributed by atoms with van der Waals surface area (Å²) in [5.41, 5.74) is 0.336. The number of carboxylic acid groups (broad SMARTS) is 1. The highest BCUT2D eigenvalue weighted by atomic mass is 32.2. The normalized spacial score (nSPS) is 11.2. The first-order valence-corrected chi connectivity index (χ1v) is 12.3. The zero-order chi connectivity index (χ0) is 23.8. The summed E-state index contributed by atoms with van der Waals surface area (Å²) in [7, 11) is -0.750. The molecule has 0 aromatic heterocycles. The van der Waals surface area contributed by atoms with E-state index in [0.29, 0.717) is 12.2 Å². The Balaban J connectivity index is 1.85. The van der Waals surface area contributed by atoms with Crippen LogP contribution in [0.1, 0.15) is 5.56 Å². The van der Waals surface area contributed by atoms with Crippen molar-refractivity contribution < 1.29 is 32.5 Å². The predicted molar refractivity (Wildman–Crippen MR) is 124 cm³/mol. The number of aliphatic carboxylic acids is 1. The lowest BCUT2D eigenvalue weighted by atomic mass is 10.1. The van der Waals surface area contributed by atoms with E-state index in [0.717, 1.165) is 15.5 Å². The Hall–Kier alpha value is -3.01. The van der Waals surface area contributed by atoms with Crippen molar-refractivity contribution in [3.05, 3.63) is 72.3 Å². The van der Waals surface area contributed by atoms with Gasteiger partial charge < -0.3 is 19.3 Å². The number of methoxy groups -OCH3 is 2. The molecule has 3 aromatic carbocycles. The van der Waals surface area contributed by atoms with E-state index in [9.17, 15) is 13.2 Å². The van der Waals surface area contributed by atoms with Crippen LogP contribution in [0.2, 0.25) is 0 Å². The number of carbonyl (C=O) groups is 1. The van der Waals surface area contributed by atoms with Crippen LogP contribution in [0.25, 0.3) is 0 Å². The average molecular weight is 489 g/mol. The molecule has 3 rings (SSSR count). The Morgan fingerprint density at radius 3 is 2.06 bits per heavy atom. The third-order valence-electron chi connectivity index (χ3n) is 4.59. The van der Waals surface area contributed by atoms with Gasteiger partial charge >= 0.3 is 5.97 Å². The minimum atomic E-state index is -3.88. The van der Waals surface area contributed by atoms with Gasteiger partial charge in [-0.3, -0.25) is 4.79 Å². The van der Waals surface area contributed by atoms with Gasteiger partial charge in [0.2, 0.25) is 9.84 Å². The second-order valence-electron chi connectivity index (χ2n) is 6.98. The lowest BCUT2D eigenvalue weighted by molar-refractivity contribution is -0.136. The summed E-state index contributed by atoms with van der Waals surface area (Å²) in [5.74, 6) is -0.0279. The quantitative estimate of drug-likeness (QED) is 0.398. The molecule has 0 saturated heterocycles. The van der Waals surface area contributed by atoms with Gasteiger partial charge in [0.1, 0.15) is 18.1 Å². The van der Waals surface area contributed by atoms with Gasteiger partial charge in [-0.15, -0.1) is 0 Å². The summed E-state index contributed by atoms with van der Waals surface area (Å²) in [6, 6.07) is 18.4. The zero-order valence-corrected chi connectivity index (χ0v) is 19.8. The van der Waals surface area contributed by atoms with E-state index in [1.807, 2.05) is 24.3 Å². The molecule has 0 aliphatic heterocycles. The Morgan fingerprint density at radius 2 is 1.48 bits per heavy atom. The van der Waals surface area contributed by atoms with Crippen LogP contribution in [-0.4, -0.2) is 46.9 Å². The summed E-state index contributed by atoms with van der Waals surface area (Å²) in [6.07, 6.45) is -0.318. The van der Waals surface area contributed by atoms with Gasteiger partial charge in [-0.1, -0.05) is 11.8 Å². The molecule has 9 heteroatoms. The van der Waals surface area contributed by atoms with Crippen LogP contribution in [0.4, 0.5) is 0 Å². The molecule has 174 valence electrons. The second kappa shape index (κ2) is 11.2. The Morgan fingerprint density at radius 1 is 0.848 bits per heavy atom. The molecule has 0 saturated carbocycles. The molecule has 0 bridgehead atoms. The van der Waals surface area contributed by atoms with Crippen molar-refractivity contribution in [1.82, 2.24) is 0 Å². The molecule has 0 unspecified atom stereocenters. The molecule has 0 spiro atoms. The number of sulfone groups is 1. The van der Waals surface area contributed by atoms with Crippen LogP contribution < -0.4 is 9.47 Å². The zero-order valence-electron chi connectivity index (χ0n) is 18.2. The van der Waals surface area contributed by atoms with E-state index in [1.54, 1.807) is 19.2 Å². The van der Waals surface area contributed by atoms with Crippen molar-refractivity contribution in [2.75, 3.05) is 27.4 Å². The van der Waals surface area contributed by atoms with E-state index in [2.05, 4.69) is 0 Å². The highest BCUT2D eigenvalue weighted by Gasteiger charge is 2.20. The van der Waals surface area contributed by atoms with Crippen LogP contribution in [-0.2, 0) is 25.8 Å². The summed E-state index contributed by atoms with van der Waals surface area (Å²) in [6.45, 7) is 0.530. The predicted octanol–water partition coefficient (Wildman–Crippen LogP) is 4.33. The monoisotopic (exact) mass is 488 g/mol. The average Bonchev–Trinajstić information content (AvgIpc) is 2.79. The number of rotatable bonds is 11. The highest BCUT2D eigenvalue weighted by Crippen LogP contribution is 2.32. The molecule has 3 aromatic rings. The maximum absolute atomic E-state index is 13.2. The van der Waals surface area contributed by atoms with Crippen molar-refractivity contribution >= 4 is 27.6 Å². The number of hydrogen-bond acceptors (Lipinski definition) is 7.